The molecule has 3 aliphatic rings. The Morgan fingerprint density at radius 1 is 1.21 bits per heavy atom. The fraction of sp³-hybridized carbons (Fsp3) is 0.688. The Morgan fingerprint density at radius 3 is 2.71 bits per heavy atom. The number of rotatable bonds is 10. The van der Waals surface area contributed by atoms with Crippen molar-refractivity contribution in [1.29, 1.82) is 5.26 Å². The molecule has 4 rings (SSSR count). The predicted octanol–water partition coefficient (Wildman–Crippen LogP) is 6.68. The Labute approximate surface area is 229 Å². The van der Waals surface area contributed by atoms with E-state index in [2.05, 4.69) is 63.8 Å². The number of hydrogen-bond donors (Lipinski definition) is 0. The van der Waals surface area contributed by atoms with Gasteiger partial charge >= 0.3 is 5.97 Å². The molecule has 38 heavy (non-hydrogen) atoms. The number of esters is 1. The molecular formula is C32H46N2O4. The summed E-state index contributed by atoms with van der Waals surface area (Å²) in [5.41, 5.74) is 3.15. The number of carbonyl (C=O) groups is 1. The summed E-state index contributed by atoms with van der Waals surface area (Å²) in [6.45, 7) is 15.3. The first-order chi connectivity index (χ1) is 18.1. The Balaban J connectivity index is 1.60. The minimum Gasteiger partial charge on any atom is -0.487 e. The predicted molar refractivity (Wildman–Crippen MR) is 150 cm³/mol. The van der Waals surface area contributed by atoms with Crippen LogP contribution in [0, 0.1) is 17.2 Å². The molecule has 0 bridgehead atoms. The summed E-state index contributed by atoms with van der Waals surface area (Å²) in [6, 6.07) is 6.55. The molecule has 208 valence electrons. The van der Waals surface area contributed by atoms with E-state index in [0.717, 1.165) is 88.2 Å². The van der Waals surface area contributed by atoms with Crippen molar-refractivity contribution in [2.24, 2.45) is 5.92 Å². The zero-order chi connectivity index (χ0) is 27.3. The van der Waals surface area contributed by atoms with Gasteiger partial charge in [-0.05, 0) is 82.5 Å². The quantitative estimate of drug-likeness (QED) is 0.148. The number of carbonyl (C=O) groups excluding carboxylic acids is 1. The van der Waals surface area contributed by atoms with Gasteiger partial charge in [0.25, 0.3) is 0 Å². The highest BCUT2D eigenvalue weighted by molar-refractivity contribution is 5.74. The van der Waals surface area contributed by atoms with Crippen LogP contribution in [0.4, 0.5) is 0 Å². The first-order valence-corrected chi connectivity index (χ1v) is 14.5. The van der Waals surface area contributed by atoms with Gasteiger partial charge in [-0.25, -0.2) is 0 Å². The molecule has 1 aliphatic carbocycles. The summed E-state index contributed by atoms with van der Waals surface area (Å²) >= 11 is 0. The van der Waals surface area contributed by atoms with Gasteiger partial charge in [0.05, 0.1) is 19.3 Å². The van der Waals surface area contributed by atoms with E-state index in [-0.39, 0.29) is 22.9 Å². The van der Waals surface area contributed by atoms with Crippen LogP contribution in [0.3, 0.4) is 0 Å². The van der Waals surface area contributed by atoms with E-state index in [1.807, 2.05) is 0 Å². The minimum absolute atomic E-state index is 0.130. The van der Waals surface area contributed by atoms with Crippen LogP contribution in [-0.2, 0) is 14.9 Å². The highest BCUT2D eigenvalue weighted by Crippen LogP contribution is 2.55. The molecule has 0 aromatic heterocycles. The summed E-state index contributed by atoms with van der Waals surface area (Å²) in [6.07, 6.45) is 8.87. The zero-order valence-corrected chi connectivity index (χ0v) is 24.1. The number of allylic oxidation sites excluding steroid dienone is 2. The van der Waals surface area contributed by atoms with E-state index in [0.29, 0.717) is 24.5 Å². The van der Waals surface area contributed by atoms with E-state index in [4.69, 9.17) is 19.5 Å². The van der Waals surface area contributed by atoms with Crippen molar-refractivity contribution in [3.63, 3.8) is 0 Å². The van der Waals surface area contributed by atoms with Crippen molar-refractivity contribution in [3.8, 4) is 17.6 Å². The van der Waals surface area contributed by atoms with Gasteiger partial charge < -0.3 is 14.2 Å². The molecule has 1 unspecified atom stereocenters. The molecule has 6 heteroatoms. The third-order valence-electron chi connectivity index (χ3n) is 8.79. The molecule has 0 spiro atoms. The van der Waals surface area contributed by atoms with Crippen LogP contribution in [0.1, 0.15) is 103 Å². The lowest BCUT2D eigenvalue weighted by atomic mass is 9.66. The second kappa shape index (κ2) is 12.2. The first kappa shape index (κ1) is 28.6. The maximum Gasteiger partial charge on any atom is 0.311 e. The van der Waals surface area contributed by atoms with Gasteiger partial charge in [-0.2, -0.15) is 5.26 Å². The molecule has 6 nitrogen and oxygen atoms in total. The molecule has 0 saturated carbocycles. The second-order valence-corrected chi connectivity index (χ2v) is 12.6. The third kappa shape index (κ3) is 6.79. The number of morpholine rings is 1. The van der Waals surface area contributed by atoms with Gasteiger partial charge in [-0.1, -0.05) is 31.9 Å². The number of ether oxygens (including phenoxy) is 3. The van der Waals surface area contributed by atoms with Crippen LogP contribution in [0.5, 0.6) is 11.5 Å². The summed E-state index contributed by atoms with van der Waals surface area (Å²) in [5, 5.41) is 8.94. The Hall–Kier alpha value is -2.36. The van der Waals surface area contributed by atoms with E-state index in [9.17, 15) is 4.79 Å². The average Bonchev–Trinajstić information content (AvgIpc) is 2.86. The van der Waals surface area contributed by atoms with Gasteiger partial charge in [0.15, 0.2) is 0 Å². The molecule has 2 aliphatic heterocycles. The van der Waals surface area contributed by atoms with E-state index in [1.165, 1.54) is 5.57 Å². The largest absolute Gasteiger partial charge is 0.487 e. The third-order valence-corrected chi connectivity index (χ3v) is 8.79. The Morgan fingerprint density at radius 2 is 1.97 bits per heavy atom. The van der Waals surface area contributed by atoms with Crippen molar-refractivity contribution in [3.05, 3.63) is 34.9 Å². The summed E-state index contributed by atoms with van der Waals surface area (Å²) in [7, 11) is 0. The van der Waals surface area contributed by atoms with E-state index < -0.39 is 0 Å². The maximum absolute atomic E-state index is 13.1. The van der Waals surface area contributed by atoms with Gasteiger partial charge in [-0.15, -0.1) is 0 Å². The highest BCUT2D eigenvalue weighted by Gasteiger charge is 2.46. The van der Waals surface area contributed by atoms with Gasteiger partial charge in [-0.3, -0.25) is 9.69 Å². The lowest BCUT2D eigenvalue weighted by molar-refractivity contribution is -0.134. The number of nitriles is 1. The van der Waals surface area contributed by atoms with E-state index in [1.54, 1.807) is 0 Å². The standard InChI is InChI=1S/C32H46N2O4/c1-23-11-12-26-25(20-23)30-27(37-29(35)10-9-15-34-16-18-36-19-17-34)21-24(22-28(30)38-32(26,4)5)31(2,3)13-7-6-8-14-33/h11,21-22,25-26H,6-10,12-13,15-20H2,1-5H3/t25?,26-/m1/s1. The van der Waals surface area contributed by atoms with Crippen LogP contribution in [0.2, 0.25) is 0 Å². The minimum atomic E-state index is -0.302. The first-order valence-electron chi connectivity index (χ1n) is 14.5. The zero-order valence-electron chi connectivity index (χ0n) is 24.1. The molecule has 1 aromatic carbocycles. The average molecular weight is 523 g/mol. The van der Waals surface area contributed by atoms with Gasteiger partial charge in [0, 0.05) is 43.3 Å². The molecule has 1 fully saturated rings. The smallest absolute Gasteiger partial charge is 0.311 e. The van der Waals surface area contributed by atoms with Crippen LogP contribution in [-0.4, -0.2) is 49.3 Å². The van der Waals surface area contributed by atoms with Crippen molar-refractivity contribution in [2.75, 3.05) is 32.8 Å². The van der Waals surface area contributed by atoms with E-state index >= 15 is 0 Å². The SMILES string of the molecule is CC1=CC[C@@H]2C(C1)c1c(OC(=O)CCCN3CCOCC3)cc(C(C)(C)CCCCC#N)cc1OC2(C)C. The number of hydrogen-bond acceptors (Lipinski definition) is 6. The Kier molecular flexibility index (Phi) is 9.21. The lowest BCUT2D eigenvalue weighted by Gasteiger charge is -2.47. The molecule has 2 atom stereocenters. The number of nitrogens with zero attached hydrogens (tertiary/aromatic N) is 2. The van der Waals surface area contributed by atoms with Crippen molar-refractivity contribution < 1.29 is 19.0 Å². The molecule has 1 aromatic rings. The molecular weight excluding hydrogens is 476 g/mol. The fourth-order valence-electron chi connectivity index (χ4n) is 6.38. The highest BCUT2D eigenvalue weighted by atomic mass is 16.5. The summed E-state index contributed by atoms with van der Waals surface area (Å²) < 4.78 is 18.3. The normalized spacial score (nSPS) is 22.9. The lowest BCUT2D eigenvalue weighted by Crippen LogP contribution is -2.45. The van der Waals surface area contributed by atoms with Crippen LogP contribution < -0.4 is 9.47 Å². The molecule has 1 saturated heterocycles. The van der Waals surface area contributed by atoms with Crippen molar-refractivity contribution in [1.82, 2.24) is 4.90 Å². The maximum atomic E-state index is 13.1. The molecule has 0 radical (unpaired) electrons. The topological polar surface area (TPSA) is 71.8 Å². The second-order valence-electron chi connectivity index (χ2n) is 12.6. The Bertz CT molecular complexity index is 1060. The van der Waals surface area contributed by atoms with Crippen LogP contribution in [0.25, 0.3) is 0 Å². The van der Waals surface area contributed by atoms with Crippen molar-refractivity contribution in [2.45, 2.75) is 103 Å². The monoisotopic (exact) mass is 522 g/mol. The molecule has 2 heterocycles. The summed E-state index contributed by atoms with van der Waals surface area (Å²) in [5.74, 6) is 1.97. The van der Waals surface area contributed by atoms with Gasteiger partial charge in [0.2, 0.25) is 0 Å². The van der Waals surface area contributed by atoms with Crippen LogP contribution >= 0.6 is 0 Å². The number of fused-ring (bicyclic) bond motifs is 3. The number of benzene rings is 1. The summed E-state index contributed by atoms with van der Waals surface area (Å²) in [4.78, 5) is 15.5. The fourth-order valence-corrected chi connectivity index (χ4v) is 6.38. The van der Waals surface area contributed by atoms with Crippen LogP contribution in [0.15, 0.2) is 23.8 Å². The number of unbranched alkanes of at least 4 members (excludes halogenated alkanes) is 2. The van der Waals surface area contributed by atoms with Gasteiger partial charge in [0.1, 0.15) is 17.1 Å². The molecule has 0 N–H and O–H groups in total. The van der Waals surface area contributed by atoms with Crippen molar-refractivity contribution >= 4 is 5.97 Å². The molecule has 0 amide bonds.